The lowest BCUT2D eigenvalue weighted by Gasteiger charge is -2.31. The Labute approximate surface area is 113 Å². The van der Waals surface area contributed by atoms with Crippen molar-refractivity contribution in [3.05, 3.63) is 29.0 Å². The van der Waals surface area contributed by atoms with E-state index in [-0.39, 0.29) is 29.6 Å². The number of alkyl halides is 3. The summed E-state index contributed by atoms with van der Waals surface area (Å²) in [6.45, 7) is 0. The zero-order valence-corrected chi connectivity index (χ0v) is 10.9. The molecule has 1 fully saturated rings. The van der Waals surface area contributed by atoms with Crippen molar-refractivity contribution in [2.24, 2.45) is 5.92 Å². The van der Waals surface area contributed by atoms with Crippen LogP contribution in [0.4, 0.5) is 23.2 Å². The molecule has 6 heteroatoms. The van der Waals surface area contributed by atoms with Crippen LogP contribution in [0.3, 0.4) is 0 Å². The largest absolute Gasteiger partial charge is 0.391 e. The van der Waals surface area contributed by atoms with Crippen molar-refractivity contribution in [2.75, 3.05) is 5.32 Å². The van der Waals surface area contributed by atoms with Crippen molar-refractivity contribution < 1.29 is 17.6 Å². The first-order chi connectivity index (χ1) is 8.86. The third-order valence-electron chi connectivity index (χ3n) is 3.43. The minimum absolute atomic E-state index is 0.00837. The predicted molar refractivity (Wildman–Crippen MR) is 66.8 cm³/mol. The lowest BCUT2D eigenvalue weighted by Crippen LogP contribution is -2.34. The highest BCUT2D eigenvalue weighted by Crippen LogP contribution is 2.38. The fraction of sp³-hybridized carbons (Fsp3) is 0.538. The molecule has 1 aliphatic carbocycles. The topological polar surface area (TPSA) is 12.0 Å². The van der Waals surface area contributed by atoms with E-state index >= 15 is 0 Å². The fourth-order valence-corrected chi connectivity index (χ4v) is 2.60. The van der Waals surface area contributed by atoms with E-state index in [0.29, 0.717) is 12.8 Å². The van der Waals surface area contributed by atoms with Gasteiger partial charge in [-0.05, 0) is 37.5 Å². The smallest absolute Gasteiger partial charge is 0.380 e. The molecule has 106 valence electrons. The highest BCUT2D eigenvalue weighted by molar-refractivity contribution is 6.30. The summed E-state index contributed by atoms with van der Waals surface area (Å²) < 4.78 is 51.6. The Morgan fingerprint density at radius 2 is 1.95 bits per heavy atom. The molecule has 2 rings (SSSR count). The molecular weight excluding hydrogens is 282 g/mol. The number of rotatable bonds is 2. The maximum atomic E-state index is 13.6. The Balaban J connectivity index is 2.03. The summed E-state index contributed by atoms with van der Waals surface area (Å²) in [5, 5.41) is 3.11. The lowest BCUT2D eigenvalue weighted by molar-refractivity contribution is -0.182. The van der Waals surface area contributed by atoms with Crippen molar-refractivity contribution in [1.29, 1.82) is 0 Å². The predicted octanol–water partition coefficient (Wildman–Crippen LogP) is 5.01. The first kappa shape index (κ1) is 14.4. The Hall–Kier alpha value is -0.970. The molecule has 0 amide bonds. The second-order valence-corrected chi connectivity index (χ2v) is 5.31. The van der Waals surface area contributed by atoms with Gasteiger partial charge in [0, 0.05) is 11.1 Å². The Morgan fingerprint density at radius 1 is 1.21 bits per heavy atom. The van der Waals surface area contributed by atoms with Crippen molar-refractivity contribution >= 4 is 17.3 Å². The molecule has 0 aliphatic heterocycles. The van der Waals surface area contributed by atoms with Gasteiger partial charge in [-0.25, -0.2) is 4.39 Å². The second-order valence-electron chi connectivity index (χ2n) is 4.87. The van der Waals surface area contributed by atoms with E-state index in [9.17, 15) is 17.6 Å². The van der Waals surface area contributed by atoms with Crippen LogP contribution in [0.2, 0.25) is 5.02 Å². The third kappa shape index (κ3) is 3.75. The van der Waals surface area contributed by atoms with Gasteiger partial charge in [-0.1, -0.05) is 18.0 Å². The van der Waals surface area contributed by atoms with Gasteiger partial charge >= 0.3 is 6.18 Å². The maximum absolute atomic E-state index is 13.6. The molecule has 1 aromatic rings. The van der Waals surface area contributed by atoms with Crippen molar-refractivity contribution in [2.45, 2.75) is 37.9 Å². The van der Waals surface area contributed by atoms with E-state index < -0.39 is 17.9 Å². The first-order valence-corrected chi connectivity index (χ1v) is 6.52. The Kier molecular flexibility index (Phi) is 4.23. The van der Waals surface area contributed by atoms with Crippen LogP contribution in [0.1, 0.15) is 25.7 Å². The summed E-state index contributed by atoms with van der Waals surface area (Å²) in [5.41, 5.74) is 0.206. The first-order valence-electron chi connectivity index (χ1n) is 6.14. The molecule has 0 bridgehead atoms. The van der Waals surface area contributed by atoms with Crippen LogP contribution in [-0.4, -0.2) is 12.2 Å². The van der Waals surface area contributed by atoms with Gasteiger partial charge < -0.3 is 5.32 Å². The summed E-state index contributed by atoms with van der Waals surface area (Å²) in [4.78, 5) is 0. The summed E-state index contributed by atoms with van der Waals surface area (Å²) in [6, 6.07) is 3.76. The van der Waals surface area contributed by atoms with Gasteiger partial charge in [-0.15, -0.1) is 0 Å². The molecule has 1 saturated carbocycles. The molecule has 0 radical (unpaired) electrons. The Bertz CT molecular complexity index is 447. The molecule has 2 unspecified atom stereocenters. The van der Waals surface area contributed by atoms with Gasteiger partial charge in [0.15, 0.2) is 0 Å². The van der Waals surface area contributed by atoms with Gasteiger partial charge in [-0.2, -0.15) is 13.2 Å². The highest BCUT2D eigenvalue weighted by atomic mass is 35.5. The van der Waals surface area contributed by atoms with Crippen LogP contribution in [0, 0.1) is 11.7 Å². The molecule has 1 nitrogen and oxygen atoms in total. The van der Waals surface area contributed by atoms with Crippen LogP contribution in [0.25, 0.3) is 0 Å². The van der Waals surface area contributed by atoms with Gasteiger partial charge in [0.1, 0.15) is 5.82 Å². The van der Waals surface area contributed by atoms with E-state index in [1.807, 2.05) is 0 Å². The van der Waals surface area contributed by atoms with Gasteiger partial charge in [0.2, 0.25) is 0 Å². The molecule has 0 spiro atoms. The molecule has 0 aromatic heterocycles. The van der Waals surface area contributed by atoms with Crippen LogP contribution in [-0.2, 0) is 0 Å². The Morgan fingerprint density at radius 3 is 2.58 bits per heavy atom. The van der Waals surface area contributed by atoms with E-state index in [4.69, 9.17) is 11.6 Å². The van der Waals surface area contributed by atoms with Crippen molar-refractivity contribution in [3.63, 3.8) is 0 Å². The fourth-order valence-electron chi connectivity index (χ4n) is 2.44. The van der Waals surface area contributed by atoms with Crippen LogP contribution >= 0.6 is 11.6 Å². The van der Waals surface area contributed by atoms with E-state index in [0.717, 1.165) is 6.07 Å². The number of nitrogens with one attached hydrogen (secondary N) is 1. The van der Waals surface area contributed by atoms with E-state index in [1.54, 1.807) is 0 Å². The molecule has 2 atom stereocenters. The molecule has 19 heavy (non-hydrogen) atoms. The molecular formula is C13H14ClF4N. The van der Waals surface area contributed by atoms with Gasteiger partial charge in [-0.3, -0.25) is 0 Å². The second kappa shape index (κ2) is 5.57. The highest BCUT2D eigenvalue weighted by Gasteiger charge is 2.42. The van der Waals surface area contributed by atoms with Gasteiger partial charge in [0.05, 0.1) is 11.6 Å². The number of halogens is 5. The van der Waals surface area contributed by atoms with Crippen LogP contribution in [0.5, 0.6) is 0 Å². The van der Waals surface area contributed by atoms with Crippen molar-refractivity contribution in [1.82, 2.24) is 0 Å². The number of benzene rings is 1. The van der Waals surface area contributed by atoms with E-state index in [1.165, 1.54) is 12.1 Å². The quantitative estimate of drug-likeness (QED) is 0.756. The summed E-state index contributed by atoms with van der Waals surface area (Å²) in [6.07, 6.45) is -2.90. The van der Waals surface area contributed by atoms with Crippen LogP contribution in [0.15, 0.2) is 18.2 Å². The molecule has 1 aliphatic rings. The van der Waals surface area contributed by atoms with Crippen LogP contribution < -0.4 is 5.32 Å². The van der Waals surface area contributed by atoms with Gasteiger partial charge in [0.25, 0.3) is 0 Å². The SMILES string of the molecule is Fc1cc(Cl)ccc1NC1CCCC(C(F)(F)F)C1. The maximum Gasteiger partial charge on any atom is 0.391 e. The lowest BCUT2D eigenvalue weighted by atomic mass is 9.85. The summed E-state index contributed by atoms with van der Waals surface area (Å²) >= 11 is 5.63. The standard InChI is InChI=1S/C13H14ClF4N/c14-9-4-5-12(11(15)7-9)19-10-3-1-2-8(6-10)13(16,17)18/h4-5,7-8,10,19H,1-3,6H2. The third-order valence-corrected chi connectivity index (χ3v) is 3.66. The summed E-state index contributed by atoms with van der Waals surface area (Å²) in [7, 11) is 0. The summed E-state index contributed by atoms with van der Waals surface area (Å²) in [5.74, 6) is -1.84. The average Bonchev–Trinajstić information content (AvgIpc) is 2.32. The average molecular weight is 296 g/mol. The minimum Gasteiger partial charge on any atom is -0.380 e. The zero-order valence-electron chi connectivity index (χ0n) is 10.1. The number of anilines is 1. The van der Waals surface area contributed by atoms with Crippen molar-refractivity contribution in [3.8, 4) is 0 Å². The zero-order chi connectivity index (χ0) is 14.0. The molecule has 1 N–H and O–H groups in total. The monoisotopic (exact) mass is 295 g/mol. The van der Waals surface area contributed by atoms with E-state index in [2.05, 4.69) is 5.32 Å². The number of hydrogen-bond acceptors (Lipinski definition) is 1. The number of hydrogen-bond donors (Lipinski definition) is 1. The molecule has 0 saturated heterocycles. The minimum atomic E-state index is -4.17. The normalized spacial score (nSPS) is 24.3. The molecule has 1 aromatic carbocycles. The molecule has 0 heterocycles.